The van der Waals surface area contributed by atoms with E-state index in [2.05, 4.69) is 31.9 Å². The molecule has 0 radical (unpaired) electrons. The molecule has 1 aliphatic heterocycles. The summed E-state index contributed by atoms with van der Waals surface area (Å²) in [4.78, 5) is 21.1. The lowest BCUT2D eigenvalue weighted by atomic mass is 10.2. The predicted molar refractivity (Wildman–Crippen MR) is 117 cm³/mol. The Labute approximate surface area is 182 Å². The van der Waals surface area contributed by atoms with Gasteiger partial charge in [-0.25, -0.2) is 18.1 Å². The van der Waals surface area contributed by atoms with Gasteiger partial charge in [0.05, 0.1) is 5.02 Å². The highest BCUT2D eigenvalue weighted by atomic mass is 35.5. The Hall–Kier alpha value is -2.20. The number of benzene rings is 1. The molecule has 2 aromatic rings. The van der Waals surface area contributed by atoms with E-state index in [1.54, 1.807) is 18.3 Å². The number of sulfonamides is 1. The number of carbonyl (C=O) groups is 1. The van der Waals surface area contributed by atoms with Crippen LogP contribution in [0, 0.1) is 0 Å². The molecule has 0 spiro atoms. The normalized spacial score (nSPS) is 15.2. The number of nitrogens with one attached hydrogen (secondary N) is 2. The van der Waals surface area contributed by atoms with Crippen molar-refractivity contribution in [2.75, 3.05) is 44.7 Å². The summed E-state index contributed by atoms with van der Waals surface area (Å²) in [6, 6.07) is 10.0. The predicted octanol–water partition coefficient (Wildman–Crippen LogP) is 1.47. The SMILES string of the molecule is CN1CCN(c2cc(CNC(=O)CCNS(=O)(=O)c3ccccc3Cl)ccn2)CC1. The van der Waals surface area contributed by atoms with Gasteiger partial charge in [-0.2, -0.15) is 0 Å². The summed E-state index contributed by atoms with van der Waals surface area (Å²) in [6.45, 7) is 4.18. The fourth-order valence-electron chi connectivity index (χ4n) is 3.11. The summed E-state index contributed by atoms with van der Waals surface area (Å²) in [6.07, 6.45) is 1.77. The fraction of sp³-hybridized carbons (Fsp3) is 0.400. The third-order valence-electron chi connectivity index (χ3n) is 4.90. The second-order valence-corrected chi connectivity index (χ2v) is 9.31. The number of pyridine rings is 1. The Bertz CT molecular complexity index is 978. The van der Waals surface area contributed by atoms with Gasteiger partial charge in [0.15, 0.2) is 0 Å². The Balaban J connectivity index is 1.46. The number of nitrogens with zero attached hydrogens (tertiary/aromatic N) is 3. The summed E-state index contributed by atoms with van der Waals surface area (Å²) >= 11 is 5.93. The van der Waals surface area contributed by atoms with Crippen LogP contribution >= 0.6 is 11.6 Å². The molecule has 0 aliphatic carbocycles. The number of piperazine rings is 1. The van der Waals surface area contributed by atoms with Gasteiger partial charge in [0.25, 0.3) is 0 Å². The zero-order valence-electron chi connectivity index (χ0n) is 16.8. The van der Waals surface area contributed by atoms with Gasteiger partial charge < -0.3 is 15.1 Å². The molecule has 162 valence electrons. The second kappa shape index (κ2) is 10.2. The number of halogens is 1. The summed E-state index contributed by atoms with van der Waals surface area (Å²) in [7, 11) is -1.65. The average molecular weight is 452 g/mol. The van der Waals surface area contributed by atoms with Gasteiger partial charge >= 0.3 is 0 Å². The Morgan fingerprint density at radius 3 is 2.63 bits per heavy atom. The van der Waals surface area contributed by atoms with Crippen molar-refractivity contribution >= 4 is 33.3 Å². The molecule has 1 saturated heterocycles. The first-order valence-electron chi connectivity index (χ1n) is 9.74. The van der Waals surface area contributed by atoms with Crippen LogP contribution < -0.4 is 14.9 Å². The van der Waals surface area contributed by atoms with E-state index in [4.69, 9.17) is 11.6 Å². The fourth-order valence-corrected chi connectivity index (χ4v) is 4.66. The molecular weight excluding hydrogens is 426 g/mol. The van der Waals surface area contributed by atoms with Crippen LogP contribution in [0.4, 0.5) is 5.82 Å². The van der Waals surface area contributed by atoms with Crippen molar-refractivity contribution in [1.82, 2.24) is 19.9 Å². The molecule has 2 heterocycles. The topological polar surface area (TPSA) is 94.6 Å². The molecular formula is C20H26ClN5O3S. The number of carbonyl (C=O) groups excluding carboxylic acids is 1. The lowest BCUT2D eigenvalue weighted by molar-refractivity contribution is -0.121. The third kappa shape index (κ3) is 6.15. The van der Waals surface area contributed by atoms with E-state index in [0.717, 1.165) is 37.6 Å². The molecule has 30 heavy (non-hydrogen) atoms. The summed E-state index contributed by atoms with van der Waals surface area (Å²) in [5, 5.41) is 2.96. The maximum Gasteiger partial charge on any atom is 0.242 e. The molecule has 0 saturated carbocycles. The monoisotopic (exact) mass is 451 g/mol. The minimum atomic E-state index is -3.75. The van der Waals surface area contributed by atoms with Crippen molar-refractivity contribution in [2.24, 2.45) is 0 Å². The van der Waals surface area contributed by atoms with Crippen LogP contribution in [0.1, 0.15) is 12.0 Å². The van der Waals surface area contributed by atoms with Gasteiger partial charge in [-0.05, 0) is 36.9 Å². The number of amides is 1. The van der Waals surface area contributed by atoms with Crippen LogP contribution in [0.5, 0.6) is 0 Å². The van der Waals surface area contributed by atoms with Gasteiger partial charge in [-0.1, -0.05) is 23.7 Å². The van der Waals surface area contributed by atoms with Gasteiger partial charge in [-0.15, -0.1) is 0 Å². The first-order valence-corrected chi connectivity index (χ1v) is 11.6. The maximum atomic E-state index is 12.3. The molecule has 8 nitrogen and oxygen atoms in total. The Morgan fingerprint density at radius 1 is 1.17 bits per heavy atom. The molecule has 1 amide bonds. The summed E-state index contributed by atoms with van der Waals surface area (Å²) in [5.74, 6) is 0.664. The Morgan fingerprint density at radius 2 is 1.90 bits per heavy atom. The zero-order chi connectivity index (χ0) is 21.6. The van der Waals surface area contributed by atoms with E-state index in [1.165, 1.54) is 12.1 Å². The lowest BCUT2D eigenvalue weighted by Gasteiger charge is -2.33. The number of anilines is 1. The molecule has 1 fully saturated rings. The number of aromatic nitrogens is 1. The molecule has 1 aromatic heterocycles. The minimum absolute atomic E-state index is 0.000274. The van der Waals surface area contributed by atoms with Crippen LogP contribution in [0.3, 0.4) is 0 Å². The summed E-state index contributed by atoms with van der Waals surface area (Å²) in [5.41, 5.74) is 0.948. The van der Waals surface area contributed by atoms with Crippen LogP contribution in [-0.2, 0) is 21.4 Å². The quantitative estimate of drug-likeness (QED) is 0.631. The highest BCUT2D eigenvalue weighted by Gasteiger charge is 2.18. The number of hydrogen-bond acceptors (Lipinski definition) is 6. The van der Waals surface area contributed by atoms with Crippen LogP contribution in [0.2, 0.25) is 5.02 Å². The molecule has 1 aromatic carbocycles. The van der Waals surface area contributed by atoms with E-state index in [1.807, 2.05) is 12.1 Å². The Kier molecular flexibility index (Phi) is 7.65. The zero-order valence-corrected chi connectivity index (χ0v) is 18.4. The van der Waals surface area contributed by atoms with Gasteiger partial charge in [0.1, 0.15) is 10.7 Å². The van der Waals surface area contributed by atoms with Crippen molar-refractivity contribution < 1.29 is 13.2 Å². The molecule has 0 unspecified atom stereocenters. The second-order valence-electron chi connectivity index (χ2n) is 7.17. The molecule has 1 aliphatic rings. The van der Waals surface area contributed by atoms with E-state index < -0.39 is 10.0 Å². The van der Waals surface area contributed by atoms with Crippen molar-refractivity contribution in [2.45, 2.75) is 17.9 Å². The lowest BCUT2D eigenvalue weighted by Crippen LogP contribution is -2.44. The van der Waals surface area contributed by atoms with Gasteiger partial charge in [0.2, 0.25) is 15.9 Å². The smallest absolute Gasteiger partial charge is 0.242 e. The highest BCUT2D eigenvalue weighted by molar-refractivity contribution is 7.89. The maximum absolute atomic E-state index is 12.3. The summed E-state index contributed by atoms with van der Waals surface area (Å²) < 4.78 is 27.0. The van der Waals surface area contributed by atoms with Crippen LogP contribution in [0.25, 0.3) is 0 Å². The highest BCUT2D eigenvalue weighted by Crippen LogP contribution is 2.20. The first-order chi connectivity index (χ1) is 14.3. The van der Waals surface area contributed by atoms with Crippen molar-refractivity contribution in [3.05, 3.63) is 53.2 Å². The van der Waals surface area contributed by atoms with E-state index in [9.17, 15) is 13.2 Å². The standard InChI is InChI=1S/C20H26ClN5O3S/c1-25-10-12-26(13-11-25)19-14-16(6-8-22-19)15-23-20(27)7-9-24-30(28,29)18-5-3-2-4-17(18)21/h2-6,8,14,24H,7,9-13,15H2,1H3,(H,23,27). The molecule has 3 rings (SSSR count). The minimum Gasteiger partial charge on any atom is -0.354 e. The largest absolute Gasteiger partial charge is 0.354 e. The van der Waals surface area contributed by atoms with Crippen molar-refractivity contribution in [3.8, 4) is 0 Å². The van der Waals surface area contributed by atoms with Crippen molar-refractivity contribution in [1.29, 1.82) is 0 Å². The number of hydrogen-bond donors (Lipinski definition) is 2. The van der Waals surface area contributed by atoms with Crippen LogP contribution in [-0.4, -0.2) is 64.0 Å². The van der Waals surface area contributed by atoms with E-state index in [0.29, 0.717) is 6.54 Å². The number of rotatable bonds is 8. The van der Waals surface area contributed by atoms with Gasteiger partial charge in [0, 0.05) is 51.9 Å². The molecule has 2 N–H and O–H groups in total. The average Bonchev–Trinajstić information content (AvgIpc) is 2.73. The molecule has 10 heteroatoms. The van der Waals surface area contributed by atoms with E-state index >= 15 is 0 Å². The van der Waals surface area contributed by atoms with E-state index in [-0.39, 0.29) is 28.8 Å². The molecule has 0 atom stereocenters. The molecule has 0 bridgehead atoms. The first kappa shape index (κ1) is 22.5. The van der Waals surface area contributed by atoms with Gasteiger partial charge in [-0.3, -0.25) is 4.79 Å². The van der Waals surface area contributed by atoms with Crippen LogP contribution in [0.15, 0.2) is 47.5 Å². The number of likely N-dealkylation sites (N-methyl/N-ethyl adjacent to an activating group) is 1. The van der Waals surface area contributed by atoms with Crippen molar-refractivity contribution in [3.63, 3.8) is 0 Å². The third-order valence-corrected chi connectivity index (χ3v) is 6.86.